The van der Waals surface area contributed by atoms with Gasteiger partial charge in [0.1, 0.15) is 0 Å². The van der Waals surface area contributed by atoms with Gasteiger partial charge in [-0.25, -0.2) is 0 Å². The first-order valence-electron chi connectivity index (χ1n) is 9.14. The largest absolute Gasteiger partial charge is 0.376 e. The first kappa shape index (κ1) is 19.9. The van der Waals surface area contributed by atoms with E-state index in [-0.39, 0.29) is 0 Å². The molecule has 0 radical (unpaired) electrons. The highest BCUT2D eigenvalue weighted by Crippen LogP contribution is 2.05. The third-order valence-corrected chi connectivity index (χ3v) is 4.18. The van der Waals surface area contributed by atoms with Crippen LogP contribution in [0.4, 0.5) is 0 Å². The predicted octanol–water partition coefficient (Wildman–Crippen LogP) is 2.95. The third kappa shape index (κ3) is 7.23. The number of rotatable bonds is 9. The second-order valence-electron chi connectivity index (χ2n) is 6.54. The molecule has 0 aliphatic rings. The highest BCUT2D eigenvalue weighted by atomic mass is 16.5. The molecule has 1 heterocycles. The summed E-state index contributed by atoms with van der Waals surface area (Å²) in [6, 6.07) is 12.3. The van der Waals surface area contributed by atoms with E-state index < -0.39 is 0 Å². The molecule has 5 heteroatoms. The molecule has 1 aromatic heterocycles. The first-order chi connectivity index (χ1) is 12.7. The van der Waals surface area contributed by atoms with Crippen LogP contribution in [-0.4, -0.2) is 37.7 Å². The number of hydrogen-bond donors (Lipinski definition) is 2. The number of nitrogens with one attached hydrogen (secondary N) is 2. The predicted molar refractivity (Wildman–Crippen MR) is 107 cm³/mol. The number of aromatic nitrogens is 1. The van der Waals surface area contributed by atoms with Crippen LogP contribution < -0.4 is 10.6 Å². The molecule has 2 N–H and O–H groups in total. The van der Waals surface area contributed by atoms with Gasteiger partial charge in [-0.1, -0.05) is 37.3 Å². The van der Waals surface area contributed by atoms with Gasteiger partial charge in [0.25, 0.3) is 0 Å². The van der Waals surface area contributed by atoms with E-state index in [1.165, 1.54) is 16.7 Å². The number of guanidine groups is 1. The van der Waals surface area contributed by atoms with Crippen molar-refractivity contribution in [1.82, 2.24) is 15.6 Å². The number of pyridine rings is 1. The Morgan fingerprint density at radius 2 is 2.00 bits per heavy atom. The molecule has 0 bridgehead atoms. The van der Waals surface area contributed by atoms with E-state index >= 15 is 0 Å². The number of aliphatic imine (C=N–C) groups is 1. The minimum atomic E-state index is 0.403. The zero-order chi connectivity index (χ0) is 18.6. The zero-order valence-electron chi connectivity index (χ0n) is 16.0. The molecule has 0 amide bonds. The maximum atomic E-state index is 5.79. The lowest BCUT2D eigenvalue weighted by Crippen LogP contribution is -2.40. The quantitative estimate of drug-likeness (QED) is 0.537. The fourth-order valence-corrected chi connectivity index (χ4v) is 2.60. The van der Waals surface area contributed by atoms with E-state index in [0.717, 1.165) is 32.1 Å². The van der Waals surface area contributed by atoms with Crippen molar-refractivity contribution in [3.05, 3.63) is 65.5 Å². The molecule has 140 valence electrons. The van der Waals surface area contributed by atoms with Crippen LogP contribution in [0, 0.1) is 12.8 Å². The standard InChI is InChI=1S/C21H30N4O/c1-17(15-26-16-19-7-5-4-6-8-19)13-25-21(22-3)24-12-10-20-9-11-23-14-18(20)2/h4-9,11,14,17H,10,12-13,15-16H2,1-3H3,(H2,22,24,25). The van der Waals surface area contributed by atoms with Crippen LogP contribution in [0.3, 0.4) is 0 Å². The summed E-state index contributed by atoms with van der Waals surface area (Å²) in [4.78, 5) is 8.41. The van der Waals surface area contributed by atoms with Crippen molar-refractivity contribution < 1.29 is 4.74 Å². The lowest BCUT2D eigenvalue weighted by atomic mass is 10.1. The van der Waals surface area contributed by atoms with Crippen molar-refractivity contribution in [2.45, 2.75) is 26.9 Å². The third-order valence-electron chi connectivity index (χ3n) is 4.18. The van der Waals surface area contributed by atoms with Crippen LogP contribution in [0.25, 0.3) is 0 Å². The molecule has 0 saturated carbocycles. The number of hydrogen-bond acceptors (Lipinski definition) is 3. The van der Waals surface area contributed by atoms with Crippen molar-refractivity contribution in [1.29, 1.82) is 0 Å². The van der Waals surface area contributed by atoms with Crippen molar-refractivity contribution in [3.8, 4) is 0 Å². The Labute approximate surface area is 156 Å². The molecule has 0 aliphatic carbocycles. The smallest absolute Gasteiger partial charge is 0.190 e. The SMILES string of the molecule is CN=C(NCCc1ccncc1C)NCC(C)COCc1ccccc1. The molecule has 2 aromatic rings. The first-order valence-corrected chi connectivity index (χ1v) is 9.14. The van der Waals surface area contributed by atoms with Crippen molar-refractivity contribution in [3.63, 3.8) is 0 Å². The average Bonchev–Trinajstić information content (AvgIpc) is 2.66. The van der Waals surface area contributed by atoms with Gasteiger partial charge in [-0.3, -0.25) is 9.98 Å². The number of ether oxygens (including phenoxy) is 1. The average molecular weight is 354 g/mol. The lowest BCUT2D eigenvalue weighted by Gasteiger charge is -2.16. The van der Waals surface area contributed by atoms with Gasteiger partial charge in [-0.2, -0.15) is 0 Å². The van der Waals surface area contributed by atoms with Crippen LogP contribution in [0.2, 0.25) is 0 Å². The molecule has 0 aliphatic heterocycles. The maximum Gasteiger partial charge on any atom is 0.190 e. The summed E-state index contributed by atoms with van der Waals surface area (Å²) in [5.74, 6) is 1.23. The highest BCUT2D eigenvalue weighted by Gasteiger charge is 2.05. The summed E-state index contributed by atoms with van der Waals surface area (Å²) < 4.78 is 5.79. The molecular formula is C21H30N4O. The minimum absolute atomic E-state index is 0.403. The monoisotopic (exact) mass is 354 g/mol. The fourth-order valence-electron chi connectivity index (χ4n) is 2.60. The van der Waals surface area contributed by atoms with Crippen molar-refractivity contribution in [2.24, 2.45) is 10.9 Å². The molecule has 0 saturated heterocycles. The van der Waals surface area contributed by atoms with E-state index in [1.807, 2.05) is 30.6 Å². The number of benzene rings is 1. The summed E-state index contributed by atoms with van der Waals surface area (Å²) in [7, 11) is 1.80. The Morgan fingerprint density at radius 1 is 1.19 bits per heavy atom. The molecule has 0 spiro atoms. The zero-order valence-corrected chi connectivity index (χ0v) is 16.0. The van der Waals surface area contributed by atoms with E-state index in [0.29, 0.717) is 12.5 Å². The van der Waals surface area contributed by atoms with Crippen LogP contribution in [0.5, 0.6) is 0 Å². The molecule has 0 fully saturated rings. The normalized spacial score (nSPS) is 12.7. The minimum Gasteiger partial charge on any atom is -0.376 e. The van der Waals surface area contributed by atoms with Gasteiger partial charge in [0.15, 0.2) is 5.96 Å². The number of aryl methyl sites for hydroxylation is 1. The fraction of sp³-hybridized carbons (Fsp3) is 0.429. The molecule has 2 rings (SSSR count). The highest BCUT2D eigenvalue weighted by molar-refractivity contribution is 5.79. The molecule has 5 nitrogen and oxygen atoms in total. The Bertz CT molecular complexity index is 673. The maximum absolute atomic E-state index is 5.79. The van der Waals surface area contributed by atoms with Gasteiger partial charge in [-0.15, -0.1) is 0 Å². The van der Waals surface area contributed by atoms with Crippen LogP contribution in [0.15, 0.2) is 53.8 Å². The van der Waals surface area contributed by atoms with E-state index in [2.05, 4.69) is 52.7 Å². The molecule has 1 atom stereocenters. The van der Waals surface area contributed by atoms with Gasteiger partial charge in [-0.05, 0) is 42.0 Å². The Hall–Kier alpha value is -2.40. The van der Waals surface area contributed by atoms with Gasteiger partial charge in [0.2, 0.25) is 0 Å². The Balaban J connectivity index is 1.62. The second-order valence-corrected chi connectivity index (χ2v) is 6.54. The van der Waals surface area contributed by atoms with Crippen LogP contribution in [0.1, 0.15) is 23.6 Å². The summed E-state index contributed by atoms with van der Waals surface area (Å²) >= 11 is 0. The van der Waals surface area contributed by atoms with Gasteiger partial charge in [0.05, 0.1) is 13.2 Å². The summed E-state index contributed by atoms with van der Waals surface area (Å²) in [5, 5.41) is 6.73. The van der Waals surface area contributed by atoms with Crippen LogP contribution >= 0.6 is 0 Å². The molecule has 1 aromatic carbocycles. The number of nitrogens with zero attached hydrogens (tertiary/aromatic N) is 2. The van der Waals surface area contributed by atoms with E-state index in [9.17, 15) is 0 Å². The van der Waals surface area contributed by atoms with Crippen molar-refractivity contribution >= 4 is 5.96 Å². The lowest BCUT2D eigenvalue weighted by molar-refractivity contribution is 0.0931. The van der Waals surface area contributed by atoms with Gasteiger partial charge in [0, 0.05) is 32.5 Å². The topological polar surface area (TPSA) is 58.5 Å². The Kier molecular flexibility index (Phi) is 8.63. The summed E-state index contributed by atoms with van der Waals surface area (Å²) in [6.45, 7) is 7.29. The Morgan fingerprint density at radius 3 is 2.73 bits per heavy atom. The molecular weight excluding hydrogens is 324 g/mol. The summed E-state index contributed by atoms with van der Waals surface area (Å²) in [6.07, 6.45) is 4.69. The summed E-state index contributed by atoms with van der Waals surface area (Å²) in [5.41, 5.74) is 3.74. The van der Waals surface area contributed by atoms with E-state index in [4.69, 9.17) is 4.74 Å². The molecule has 1 unspecified atom stereocenters. The van der Waals surface area contributed by atoms with E-state index in [1.54, 1.807) is 7.05 Å². The van der Waals surface area contributed by atoms with Gasteiger partial charge < -0.3 is 15.4 Å². The molecule has 26 heavy (non-hydrogen) atoms. The van der Waals surface area contributed by atoms with Crippen molar-refractivity contribution in [2.75, 3.05) is 26.7 Å². The van der Waals surface area contributed by atoms with Gasteiger partial charge >= 0.3 is 0 Å². The second kappa shape index (κ2) is 11.3. The van der Waals surface area contributed by atoms with Crippen LogP contribution in [-0.2, 0) is 17.8 Å².